The zero-order chi connectivity index (χ0) is 21.3. The highest BCUT2D eigenvalue weighted by molar-refractivity contribution is 5.86. The van der Waals surface area contributed by atoms with Crippen LogP contribution in [0.25, 0.3) is 11.0 Å². The molecule has 0 aliphatic carbocycles. The molecule has 6 heteroatoms. The molecule has 158 valence electrons. The van der Waals surface area contributed by atoms with E-state index in [1.807, 2.05) is 25.1 Å². The molecule has 30 heavy (non-hydrogen) atoms. The van der Waals surface area contributed by atoms with Gasteiger partial charge in [0, 0.05) is 53.0 Å². The van der Waals surface area contributed by atoms with Crippen molar-refractivity contribution >= 4 is 16.7 Å². The van der Waals surface area contributed by atoms with Gasteiger partial charge in [-0.15, -0.1) is 0 Å². The third-order valence-corrected chi connectivity index (χ3v) is 5.60. The number of hydrogen-bond acceptors (Lipinski definition) is 6. The summed E-state index contributed by atoms with van der Waals surface area (Å²) >= 11 is 0. The number of ether oxygens (including phenoxy) is 3. The van der Waals surface area contributed by atoms with E-state index in [2.05, 4.69) is 17.9 Å². The molecule has 1 aliphatic rings. The van der Waals surface area contributed by atoms with E-state index in [0.717, 1.165) is 64.3 Å². The second kappa shape index (κ2) is 8.30. The minimum atomic E-state index is -0.308. The van der Waals surface area contributed by atoms with Gasteiger partial charge in [0.1, 0.15) is 22.8 Å². The molecule has 0 radical (unpaired) electrons. The lowest BCUT2D eigenvalue weighted by molar-refractivity contribution is 0.287. The summed E-state index contributed by atoms with van der Waals surface area (Å²) in [7, 11) is 3.28. The standard InChI is InChI=1S/C24H27NO5/c1-5-6-7-16-9-22(26)30-24-15(2)23-17(8-21(16)24)13-25(14-29-23)18-10-19(27-3)12-20(11-18)28-4/h8-12H,5-7,13-14H2,1-4H3. The van der Waals surface area contributed by atoms with Crippen molar-refractivity contribution in [3.8, 4) is 17.2 Å². The van der Waals surface area contributed by atoms with Crippen molar-refractivity contribution < 1.29 is 18.6 Å². The zero-order valence-electron chi connectivity index (χ0n) is 17.9. The van der Waals surface area contributed by atoms with Crippen LogP contribution in [0.3, 0.4) is 0 Å². The first kappa shape index (κ1) is 20.1. The summed E-state index contributed by atoms with van der Waals surface area (Å²) in [6.07, 6.45) is 2.95. The maximum atomic E-state index is 12.1. The van der Waals surface area contributed by atoms with E-state index >= 15 is 0 Å². The van der Waals surface area contributed by atoms with Crippen molar-refractivity contribution in [2.45, 2.75) is 39.7 Å². The fraction of sp³-hybridized carbons (Fsp3) is 0.375. The van der Waals surface area contributed by atoms with Gasteiger partial charge in [0.05, 0.1) is 14.2 Å². The predicted molar refractivity (Wildman–Crippen MR) is 117 cm³/mol. The topological polar surface area (TPSA) is 61.1 Å². The second-order valence-electron chi connectivity index (χ2n) is 7.60. The van der Waals surface area contributed by atoms with Crippen molar-refractivity contribution in [3.05, 3.63) is 57.4 Å². The van der Waals surface area contributed by atoms with Gasteiger partial charge in [-0.25, -0.2) is 4.79 Å². The number of benzene rings is 2. The number of hydrogen-bond donors (Lipinski definition) is 0. The van der Waals surface area contributed by atoms with Crippen LogP contribution < -0.4 is 24.7 Å². The van der Waals surface area contributed by atoms with Gasteiger partial charge in [0.15, 0.2) is 6.73 Å². The number of rotatable bonds is 6. The van der Waals surface area contributed by atoms with Crippen molar-refractivity contribution in [1.29, 1.82) is 0 Å². The van der Waals surface area contributed by atoms with Crippen LogP contribution in [0.15, 0.2) is 39.5 Å². The van der Waals surface area contributed by atoms with Crippen LogP contribution in [0.1, 0.15) is 36.5 Å². The monoisotopic (exact) mass is 409 g/mol. The van der Waals surface area contributed by atoms with Gasteiger partial charge in [-0.1, -0.05) is 13.3 Å². The van der Waals surface area contributed by atoms with E-state index in [0.29, 0.717) is 18.9 Å². The molecule has 0 fully saturated rings. The van der Waals surface area contributed by atoms with Gasteiger partial charge in [-0.2, -0.15) is 0 Å². The lowest BCUT2D eigenvalue weighted by atomic mass is 9.98. The highest BCUT2D eigenvalue weighted by atomic mass is 16.5. The highest BCUT2D eigenvalue weighted by Crippen LogP contribution is 2.38. The van der Waals surface area contributed by atoms with Crippen LogP contribution in [-0.2, 0) is 13.0 Å². The van der Waals surface area contributed by atoms with Gasteiger partial charge in [-0.05, 0) is 31.4 Å². The fourth-order valence-corrected chi connectivity index (χ4v) is 4.00. The van der Waals surface area contributed by atoms with Crippen LogP contribution in [0.5, 0.6) is 17.2 Å². The Labute approximate surface area is 176 Å². The summed E-state index contributed by atoms with van der Waals surface area (Å²) in [5, 5.41) is 0.993. The molecule has 0 atom stereocenters. The Hall–Kier alpha value is -3.15. The van der Waals surface area contributed by atoms with Gasteiger partial charge >= 0.3 is 5.63 Å². The predicted octanol–water partition coefficient (Wildman–Crippen LogP) is 4.82. The smallest absolute Gasteiger partial charge is 0.336 e. The van der Waals surface area contributed by atoms with Crippen LogP contribution in [0, 0.1) is 6.92 Å². The number of nitrogens with zero attached hydrogens (tertiary/aromatic N) is 1. The van der Waals surface area contributed by atoms with E-state index in [9.17, 15) is 4.79 Å². The Morgan fingerprint density at radius 3 is 2.47 bits per heavy atom. The molecule has 3 aromatic rings. The quantitative estimate of drug-likeness (QED) is 0.544. The summed E-state index contributed by atoms with van der Waals surface area (Å²) in [5.41, 5.74) is 4.26. The van der Waals surface area contributed by atoms with Crippen molar-refractivity contribution in [2.75, 3.05) is 25.9 Å². The third-order valence-electron chi connectivity index (χ3n) is 5.60. The summed E-state index contributed by atoms with van der Waals surface area (Å²) in [6, 6.07) is 9.52. The van der Waals surface area contributed by atoms with E-state index in [4.69, 9.17) is 18.6 Å². The number of aryl methyl sites for hydroxylation is 2. The van der Waals surface area contributed by atoms with Crippen LogP contribution in [-0.4, -0.2) is 21.0 Å². The average molecular weight is 409 g/mol. The Morgan fingerprint density at radius 2 is 1.80 bits per heavy atom. The van der Waals surface area contributed by atoms with Gasteiger partial charge in [-0.3, -0.25) is 0 Å². The third kappa shape index (κ3) is 3.70. The summed E-state index contributed by atoms with van der Waals surface area (Å²) in [4.78, 5) is 14.2. The SMILES string of the molecule is CCCCc1cc(=O)oc2c(C)c3c(cc12)CN(c1cc(OC)cc(OC)c1)CO3. The second-order valence-corrected chi connectivity index (χ2v) is 7.60. The minimum Gasteiger partial charge on any atom is -0.497 e. The van der Waals surface area contributed by atoms with Crippen LogP contribution >= 0.6 is 0 Å². The van der Waals surface area contributed by atoms with Crippen LogP contribution in [0.4, 0.5) is 5.69 Å². The van der Waals surface area contributed by atoms with Gasteiger partial charge in [0.25, 0.3) is 0 Å². The highest BCUT2D eigenvalue weighted by Gasteiger charge is 2.24. The van der Waals surface area contributed by atoms with E-state index in [-0.39, 0.29) is 5.63 Å². The van der Waals surface area contributed by atoms with E-state index in [1.54, 1.807) is 20.3 Å². The molecular weight excluding hydrogens is 382 g/mol. The largest absolute Gasteiger partial charge is 0.497 e. The minimum absolute atomic E-state index is 0.308. The number of methoxy groups -OCH3 is 2. The molecule has 1 aliphatic heterocycles. The summed E-state index contributed by atoms with van der Waals surface area (Å²) in [6.45, 7) is 5.16. The molecule has 0 saturated heterocycles. The Bertz CT molecular complexity index is 1110. The summed E-state index contributed by atoms with van der Waals surface area (Å²) in [5.74, 6) is 2.26. The van der Waals surface area contributed by atoms with Gasteiger partial charge < -0.3 is 23.5 Å². The zero-order valence-corrected chi connectivity index (χ0v) is 17.9. The molecular formula is C24H27NO5. The molecule has 2 heterocycles. The Morgan fingerprint density at radius 1 is 1.07 bits per heavy atom. The first-order valence-corrected chi connectivity index (χ1v) is 10.2. The molecule has 6 nitrogen and oxygen atoms in total. The molecule has 0 amide bonds. The lowest BCUT2D eigenvalue weighted by Gasteiger charge is -2.32. The molecule has 0 bridgehead atoms. The van der Waals surface area contributed by atoms with Crippen LogP contribution in [0.2, 0.25) is 0 Å². The molecule has 2 aromatic carbocycles. The van der Waals surface area contributed by atoms with E-state index < -0.39 is 0 Å². The van der Waals surface area contributed by atoms with Crippen molar-refractivity contribution in [2.24, 2.45) is 0 Å². The molecule has 0 spiro atoms. The molecule has 0 saturated carbocycles. The molecule has 1 aromatic heterocycles. The normalized spacial score (nSPS) is 13.1. The van der Waals surface area contributed by atoms with Gasteiger partial charge in [0.2, 0.25) is 0 Å². The number of fused-ring (bicyclic) bond motifs is 2. The molecule has 4 rings (SSSR count). The maximum absolute atomic E-state index is 12.1. The molecule has 0 unspecified atom stereocenters. The Balaban J connectivity index is 1.77. The molecule has 0 N–H and O–H groups in total. The maximum Gasteiger partial charge on any atom is 0.336 e. The van der Waals surface area contributed by atoms with Crippen molar-refractivity contribution in [3.63, 3.8) is 0 Å². The number of anilines is 1. The lowest BCUT2D eigenvalue weighted by Crippen LogP contribution is -2.32. The summed E-state index contributed by atoms with van der Waals surface area (Å²) < 4.78 is 22.5. The van der Waals surface area contributed by atoms with Crippen molar-refractivity contribution in [1.82, 2.24) is 0 Å². The average Bonchev–Trinajstić information content (AvgIpc) is 2.77. The number of unbranched alkanes of at least 4 members (excludes halogenated alkanes) is 1. The van der Waals surface area contributed by atoms with E-state index in [1.165, 1.54) is 0 Å². The first-order chi connectivity index (χ1) is 14.5. The fourth-order valence-electron chi connectivity index (χ4n) is 4.00. The first-order valence-electron chi connectivity index (χ1n) is 10.2. The Kier molecular flexibility index (Phi) is 5.57.